The molecule has 2 N–H and O–H groups in total. The zero-order valence-corrected chi connectivity index (χ0v) is 16.2. The molecule has 0 aliphatic rings. The zero-order chi connectivity index (χ0) is 19.1. The number of nitrogens with zero attached hydrogens (tertiary/aromatic N) is 1. The molecule has 0 atom stereocenters. The molecule has 0 aliphatic carbocycles. The van der Waals surface area contributed by atoms with Gasteiger partial charge < -0.3 is 15.5 Å². The van der Waals surface area contributed by atoms with Gasteiger partial charge >= 0.3 is 0 Å². The van der Waals surface area contributed by atoms with Crippen molar-refractivity contribution in [1.82, 2.24) is 4.90 Å². The van der Waals surface area contributed by atoms with E-state index < -0.39 is 0 Å². The Morgan fingerprint density at radius 1 is 1.04 bits per heavy atom. The number of nitrogens with one attached hydrogen (secondary N) is 2. The van der Waals surface area contributed by atoms with Crippen molar-refractivity contribution in [3.8, 4) is 0 Å². The fourth-order valence-electron chi connectivity index (χ4n) is 2.23. The predicted octanol–water partition coefficient (Wildman–Crippen LogP) is 4.06. The normalized spacial score (nSPS) is 10.3. The fourth-order valence-corrected chi connectivity index (χ4v) is 2.69. The smallest absolute Gasteiger partial charge is 0.243 e. The number of amides is 2. The van der Waals surface area contributed by atoms with Gasteiger partial charge in [0.25, 0.3) is 0 Å². The van der Waals surface area contributed by atoms with E-state index in [1.807, 2.05) is 24.3 Å². The van der Waals surface area contributed by atoms with Gasteiger partial charge in [0.2, 0.25) is 11.8 Å². The third kappa shape index (κ3) is 6.24. The largest absolute Gasteiger partial charge is 0.376 e. The van der Waals surface area contributed by atoms with Crippen molar-refractivity contribution in [3.63, 3.8) is 0 Å². The van der Waals surface area contributed by atoms with Gasteiger partial charge in [0.05, 0.1) is 17.3 Å². The summed E-state index contributed by atoms with van der Waals surface area (Å²) in [6, 6.07) is 12.6. The van der Waals surface area contributed by atoms with E-state index in [4.69, 9.17) is 23.2 Å². The molecule has 0 fully saturated rings. The lowest BCUT2D eigenvalue weighted by molar-refractivity contribution is -0.128. The number of aryl methyl sites for hydroxylation is 1. The Morgan fingerprint density at radius 3 is 2.35 bits per heavy atom. The van der Waals surface area contributed by atoms with Crippen molar-refractivity contribution in [2.45, 2.75) is 12.8 Å². The Labute approximate surface area is 163 Å². The highest BCUT2D eigenvalue weighted by Crippen LogP contribution is 2.25. The number of benzene rings is 2. The molecule has 0 aromatic heterocycles. The first-order valence-corrected chi connectivity index (χ1v) is 8.88. The molecule has 26 heavy (non-hydrogen) atoms. The summed E-state index contributed by atoms with van der Waals surface area (Å²) in [5, 5.41) is 6.68. The molecule has 2 aromatic carbocycles. The molecule has 0 saturated carbocycles. The monoisotopic (exact) mass is 393 g/mol. The lowest BCUT2D eigenvalue weighted by Gasteiger charge is -2.11. The minimum absolute atomic E-state index is 0.102. The van der Waals surface area contributed by atoms with Crippen LogP contribution in [-0.4, -0.2) is 37.4 Å². The first-order valence-electron chi connectivity index (χ1n) is 8.13. The molecule has 0 bridgehead atoms. The summed E-state index contributed by atoms with van der Waals surface area (Å²) >= 11 is 11.9. The Morgan fingerprint density at radius 2 is 1.73 bits per heavy atom. The summed E-state index contributed by atoms with van der Waals surface area (Å²) in [7, 11) is 3.50. The van der Waals surface area contributed by atoms with Gasteiger partial charge in [-0.15, -0.1) is 0 Å². The lowest BCUT2D eigenvalue weighted by atomic mass is 10.1. The first-order chi connectivity index (χ1) is 12.3. The summed E-state index contributed by atoms with van der Waals surface area (Å²) in [5.41, 5.74) is 2.41. The minimum atomic E-state index is -0.213. The highest BCUT2D eigenvalue weighted by Gasteiger charge is 2.07. The molecule has 2 aromatic rings. The van der Waals surface area contributed by atoms with Crippen molar-refractivity contribution in [1.29, 1.82) is 0 Å². The molecule has 5 nitrogen and oxygen atoms in total. The van der Waals surface area contributed by atoms with Gasteiger partial charge in [-0.2, -0.15) is 0 Å². The molecule has 0 heterocycles. The van der Waals surface area contributed by atoms with Gasteiger partial charge in [-0.3, -0.25) is 9.59 Å². The van der Waals surface area contributed by atoms with E-state index in [9.17, 15) is 9.59 Å². The minimum Gasteiger partial charge on any atom is -0.376 e. The zero-order valence-electron chi connectivity index (χ0n) is 14.7. The Kier molecular flexibility index (Phi) is 7.30. The standard InChI is InChI=1S/C19H21Cl2N3O2/c1-24(2)19(26)10-5-13-3-7-15(8-4-13)22-12-18(25)23-17-9-6-14(20)11-16(17)21/h3-4,6-9,11,22H,5,10,12H2,1-2H3,(H,23,25). The molecule has 2 rings (SSSR count). The number of hydrogen-bond donors (Lipinski definition) is 2. The van der Waals surface area contributed by atoms with Crippen molar-refractivity contribution in [2.24, 2.45) is 0 Å². The van der Waals surface area contributed by atoms with Gasteiger partial charge in [-0.05, 0) is 42.3 Å². The summed E-state index contributed by atoms with van der Waals surface area (Å²) in [6.45, 7) is 0.109. The third-order valence-corrected chi connectivity index (χ3v) is 4.29. The van der Waals surface area contributed by atoms with Crippen LogP contribution in [0, 0.1) is 0 Å². The van der Waals surface area contributed by atoms with Crippen LogP contribution >= 0.6 is 23.2 Å². The van der Waals surface area contributed by atoms with Crippen LogP contribution in [0.5, 0.6) is 0 Å². The lowest BCUT2D eigenvalue weighted by Crippen LogP contribution is -2.22. The number of rotatable bonds is 7. The predicted molar refractivity (Wildman–Crippen MR) is 107 cm³/mol. The molecule has 7 heteroatoms. The second-order valence-corrected chi connectivity index (χ2v) is 6.85. The van der Waals surface area contributed by atoms with Gasteiger partial charge in [0.1, 0.15) is 0 Å². The fraction of sp³-hybridized carbons (Fsp3) is 0.263. The van der Waals surface area contributed by atoms with Gasteiger partial charge in [-0.25, -0.2) is 0 Å². The maximum atomic E-state index is 12.0. The van der Waals surface area contributed by atoms with Crippen molar-refractivity contribution >= 4 is 46.4 Å². The molecule has 0 spiro atoms. The van der Waals surface area contributed by atoms with Crippen LogP contribution in [0.4, 0.5) is 11.4 Å². The van der Waals surface area contributed by atoms with E-state index in [0.29, 0.717) is 28.6 Å². The number of hydrogen-bond acceptors (Lipinski definition) is 3. The molecular formula is C19H21Cl2N3O2. The molecular weight excluding hydrogens is 373 g/mol. The highest BCUT2D eigenvalue weighted by atomic mass is 35.5. The van der Waals surface area contributed by atoms with E-state index in [1.54, 1.807) is 37.2 Å². The van der Waals surface area contributed by atoms with Crippen molar-refractivity contribution in [3.05, 3.63) is 58.1 Å². The molecule has 138 valence electrons. The van der Waals surface area contributed by atoms with Crippen LogP contribution in [0.25, 0.3) is 0 Å². The maximum Gasteiger partial charge on any atom is 0.243 e. The summed E-state index contributed by atoms with van der Waals surface area (Å²) in [4.78, 5) is 25.2. The molecule has 0 aliphatic heterocycles. The number of carbonyl (C=O) groups excluding carboxylic acids is 2. The number of anilines is 2. The average Bonchev–Trinajstić information content (AvgIpc) is 2.61. The molecule has 0 unspecified atom stereocenters. The van der Waals surface area contributed by atoms with Crippen LogP contribution in [0.3, 0.4) is 0 Å². The number of carbonyl (C=O) groups is 2. The van der Waals surface area contributed by atoms with Crippen LogP contribution in [0.2, 0.25) is 10.0 Å². The average molecular weight is 394 g/mol. The van der Waals surface area contributed by atoms with E-state index in [2.05, 4.69) is 10.6 Å². The topological polar surface area (TPSA) is 61.4 Å². The molecule has 0 radical (unpaired) electrons. The summed E-state index contributed by atoms with van der Waals surface area (Å²) < 4.78 is 0. The van der Waals surface area contributed by atoms with Gasteiger partial charge in [0.15, 0.2) is 0 Å². The van der Waals surface area contributed by atoms with Crippen molar-refractivity contribution < 1.29 is 9.59 Å². The van der Waals surface area contributed by atoms with Crippen LogP contribution in [-0.2, 0) is 16.0 Å². The van der Waals surface area contributed by atoms with E-state index in [0.717, 1.165) is 11.3 Å². The van der Waals surface area contributed by atoms with E-state index >= 15 is 0 Å². The highest BCUT2D eigenvalue weighted by molar-refractivity contribution is 6.36. The van der Waals surface area contributed by atoms with Gasteiger partial charge in [0, 0.05) is 31.2 Å². The number of halogens is 2. The van der Waals surface area contributed by atoms with E-state index in [-0.39, 0.29) is 18.4 Å². The first kappa shape index (κ1) is 20.1. The van der Waals surface area contributed by atoms with Crippen LogP contribution in [0.15, 0.2) is 42.5 Å². The Hall–Kier alpha value is -2.24. The Bertz CT molecular complexity index is 777. The summed E-state index contributed by atoms with van der Waals surface area (Å²) in [6.07, 6.45) is 1.16. The SMILES string of the molecule is CN(C)C(=O)CCc1ccc(NCC(=O)Nc2ccc(Cl)cc2Cl)cc1. The van der Waals surface area contributed by atoms with Gasteiger partial charge in [-0.1, -0.05) is 35.3 Å². The quantitative estimate of drug-likeness (QED) is 0.745. The summed E-state index contributed by atoms with van der Waals surface area (Å²) in [5.74, 6) is -0.111. The third-order valence-electron chi connectivity index (χ3n) is 3.74. The molecule has 0 saturated heterocycles. The van der Waals surface area contributed by atoms with E-state index in [1.165, 1.54) is 0 Å². The Balaban J connectivity index is 1.81. The van der Waals surface area contributed by atoms with Crippen LogP contribution < -0.4 is 10.6 Å². The second kappa shape index (κ2) is 9.46. The van der Waals surface area contributed by atoms with Crippen LogP contribution in [0.1, 0.15) is 12.0 Å². The molecule has 2 amide bonds. The second-order valence-electron chi connectivity index (χ2n) is 6.01. The maximum absolute atomic E-state index is 12.0. The van der Waals surface area contributed by atoms with Crippen molar-refractivity contribution in [2.75, 3.05) is 31.3 Å².